The van der Waals surface area contributed by atoms with Crippen LogP contribution in [0.2, 0.25) is 0 Å². The molecular weight excluding hydrogens is 350 g/mol. The zero-order valence-corrected chi connectivity index (χ0v) is 16.6. The number of nitrogens with one attached hydrogen (secondary N) is 1. The summed E-state index contributed by atoms with van der Waals surface area (Å²) < 4.78 is 5.59. The molecular formula is C23H25N3O2. The molecule has 0 bridgehead atoms. The second-order valence-electron chi connectivity index (χ2n) is 8.10. The van der Waals surface area contributed by atoms with Gasteiger partial charge in [-0.05, 0) is 53.6 Å². The number of carbonyl (C=O) groups is 1. The highest BCUT2D eigenvalue weighted by Gasteiger charge is 2.48. The molecule has 0 aromatic heterocycles. The molecule has 1 spiro atoms. The van der Waals surface area contributed by atoms with Crippen molar-refractivity contribution in [3.05, 3.63) is 47.5 Å². The van der Waals surface area contributed by atoms with Crippen molar-refractivity contribution in [1.82, 2.24) is 4.90 Å². The van der Waals surface area contributed by atoms with Crippen molar-refractivity contribution in [2.24, 2.45) is 5.41 Å². The maximum Gasteiger partial charge on any atom is 0.243 e. The Morgan fingerprint density at radius 2 is 2.07 bits per heavy atom. The summed E-state index contributed by atoms with van der Waals surface area (Å²) in [5, 5.41) is 12.6. The van der Waals surface area contributed by atoms with E-state index in [0.717, 1.165) is 34.5 Å². The van der Waals surface area contributed by atoms with Crippen LogP contribution in [0.5, 0.6) is 5.75 Å². The van der Waals surface area contributed by atoms with Gasteiger partial charge in [-0.3, -0.25) is 4.79 Å². The van der Waals surface area contributed by atoms with Crippen LogP contribution in [0.25, 0.3) is 11.1 Å². The Morgan fingerprint density at radius 3 is 2.75 bits per heavy atom. The summed E-state index contributed by atoms with van der Waals surface area (Å²) in [6, 6.07) is 12.7. The quantitative estimate of drug-likeness (QED) is 0.819. The molecule has 0 radical (unpaired) electrons. The molecule has 2 aromatic carbocycles. The van der Waals surface area contributed by atoms with Crippen molar-refractivity contribution >= 4 is 11.6 Å². The van der Waals surface area contributed by atoms with E-state index in [1.807, 2.05) is 12.3 Å². The third kappa shape index (κ3) is 2.90. The fourth-order valence-corrected chi connectivity index (χ4v) is 4.31. The molecule has 2 aromatic rings. The molecule has 1 N–H and O–H groups in total. The average molecular weight is 375 g/mol. The number of anilines is 1. The van der Waals surface area contributed by atoms with Gasteiger partial charge in [0.15, 0.2) is 6.19 Å². The van der Waals surface area contributed by atoms with Gasteiger partial charge in [0.05, 0.1) is 12.5 Å². The Kier molecular flexibility index (Phi) is 4.50. The number of amides is 1. The van der Waals surface area contributed by atoms with Gasteiger partial charge < -0.3 is 10.1 Å². The zero-order chi connectivity index (χ0) is 19.9. The van der Waals surface area contributed by atoms with E-state index in [2.05, 4.69) is 49.5 Å². The molecule has 1 fully saturated rings. The molecule has 4 rings (SSSR count). The number of ether oxygens (including phenoxy) is 1. The summed E-state index contributed by atoms with van der Waals surface area (Å²) in [7, 11) is 1.70. The Morgan fingerprint density at radius 1 is 1.25 bits per heavy atom. The second kappa shape index (κ2) is 6.87. The lowest BCUT2D eigenvalue weighted by Gasteiger charge is -2.33. The van der Waals surface area contributed by atoms with E-state index in [1.54, 1.807) is 7.11 Å². The number of nitrogens with zero attached hydrogens (tertiary/aromatic N) is 2. The lowest BCUT2D eigenvalue weighted by molar-refractivity contribution is -0.133. The van der Waals surface area contributed by atoms with Gasteiger partial charge in [-0.15, -0.1) is 0 Å². The van der Waals surface area contributed by atoms with Crippen LogP contribution in [-0.4, -0.2) is 31.0 Å². The normalized spacial score (nSPS) is 20.8. The number of carbonyl (C=O) groups excluding carboxylic acids is 1. The van der Waals surface area contributed by atoms with Crippen LogP contribution in [0.1, 0.15) is 37.3 Å². The Balaban J connectivity index is 1.68. The summed E-state index contributed by atoms with van der Waals surface area (Å²) in [6.07, 6.45) is 3.41. The molecule has 1 saturated heterocycles. The minimum Gasteiger partial charge on any atom is -0.496 e. The van der Waals surface area contributed by atoms with Crippen LogP contribution >= 0.6 is 0 Å². The highest BCUT2D eigenvalue weighted by molar-refractivity contribution is 5.88. The van der Waals surface area contributed by atoms with E-state index in [9.17, 15) is 4.79 Å². The number of rotatable bonds is 3. The number of fused-ring (bicyclic) bond motifs is 1. The second-order valence-corrected chi connectivity index (χ2v) is 8.10. The highest BCUT2D eigenvalue weighted by atomic mass is 16.5. The molecule has 5 heteroatoms. The van der Waals surface area contributed by atoms with Gasteiger partial charge in [-0.2, -0.15) is 5.26 Å². The van der Waals surface area contributed by atoms with Gasteiger partial charge in [0.2, 0.25) is 5.91 Å². The van der Waals surface area contributed by atoms with Crippen LogP contribution in [-0.2, 0) is 11.2 Å². The lowest BCUT2D eigenvalue weighted by atomic mass is 9.77. The minimum atomic E-state index is -0.487. The number of hydrogen-bond acceptors (Lipinski definition) is 4. The molecule has 2 aliphatic rings. The topological polar surface area (TPSA) is 65.4 Å². The predicted octanol–water partition coefficient (Wildman–Crippen LogP) is 4.15. The van der Waals surface area contributed by atoms with Gasteiger partial charge in [0.25, 0.3) is 0 Å². The Hall–Kier alpha value is -3.00. The Labute approximate surface area is 165 Å². The first-order valence-electron chi connectivity index (χ1n) is 9.74. The molecule has 0 aliphatic carbocycles. The fraction of sp³-hybridized carbons (Fsp3) is 0.391. The van der Waals surface area contributed by atoms with E-state index in [4.69, 9.17) is 10.00 Å². The maximum atomic E-state index is 12.6. The van der Waals surface area contributed by atoms with Crippen LogP contribution in [0.3, 0.4) is 0 Å². The summed E-state index contributed by atoms with van der Waals surface area (Å²) in [4.78, 5) is 13.9. The maximum absolute atomic E-state index is 12.6. The first kappa shape index (κ1) is 18.4. The van der Waals surface area contributed by atoms with Gasteiger partial charge in [-0.25, -0.2) is 4.90 Å². The summed E-state index contributed by atoms with van der Waals surface area (Å²) >= 11 is 0. The molecule has 1 unspecified atom stereocenters. The van der Waals surface area contributed by atoms with Gasteiger partial charge in [-0.1, -0.05) is 32.0 Å². The molecule has 5 nitrogen and oxygen atoms in total. The zero-order valence-electron chi connectivity index (χ0n) is 16.6. The molecule has 2 heterocycles. The molecule has 28 heavy (non-hydrogen) atoms. The molecule has 2 aliphatic heterocycles. The van der Waals surface area contributed by atoms with E-state index < -0.39 is 5.41 Å². The predicted molar refractivity (Wildman–Crippen MR) is 109 cm³/mol. The highest BCUT2D eigenvalue weighted by Crippen LogP contribution is 2.42. The first-order valence-corrected chi connectivity index (χ1v) is 9.74. The monoisotopic (exact) mass is 375 g/mol. The number of hydrogen-bond donors (Lipinski definition) is 1. The van der Waals surface area contributed by atoms with Gasteiger partial charge in [0.1, 0.15) is 5.75 Å². The van der Waals surface area contributed by atoms with Crippen LogP contribution in [0.15, 0.2) is 36.4 Å². The van der Waals surface area contributed by atoms with Crippen LogP contribution in [0.4, 0.5) is 5.69 Å². The first-order chi connectivity index (χ1) is 13.5. The SMILES string of the molecule is COc1ccc(C(C)C)cc1-c1ccc2c(c1)NCC1(CCN(C#N)C1=O)C2. The van der Waals surface area contributed by atoms with Crippen molar-refractivity contribution in [1.29, 1.82) is 5.26 Å². The average Bonchev–Trinajstić information content (AvgIpc) is 3.02. The van der Waals surface area contributed by atoms with Crippen LogP contribution < -0.4 is 10.1 Å². The fourth-order valence-electron chi connectivity index (χ4n) is 4.31. The third-order valence-electron chi connectivity index (χ3n) is 6.09. The van der Waals surface area contributed by atoms with Crippen LogP contribution in [0, 0.1) is 16.9 Å². The standard InChI is InChI=1S/C23H25N3O2/c1-15(2)16-6-7-21(28-3)19(10-16)17-4-5-18-12-23(13-25-20(18)11-17)8-9-26(14-24)22(23)27/h4-7,10-11,15,25H,8-9,12-13H2,1-3H3. The molecule has 1 amide bonds. The number of nitriles is 1. The molecule has 0 saturated carbocycles. The largest absolute Gasteiger partial charge is 0.496 e. The molecule has 144 valence electrons. The molecule has 1 atom stereocenters. The summed E-state index contributed by atoms with van der Waals surface area (Å²) in [6.45, 7) is 5.46. The van der Waals surface area contributed by atoms with Crippen molar-refractivity contribution in [3.63, 3.8) is 0 Å². The van der Waals surface area contributed by atoms with Crippen molar-refractivity contribution < 1.29 is 9.53 Å². The van der Waals surface area contributed by atoms with E-state index in [1.165, 1.54) is 10.5 Å². The van der Waals surface area contributed by atoms with E-state index in [0.29, 0.717) is 25.4 Å². The lowest BCUT2D eigenvalue weighted by Crippen LogP contribution is -2.42. The van der Waals surface area contributed by atoms with Crippen molar-refractivity contribution in [2.45, 2.75) is 32.6 Å². The number of likely N-dealkylation sites (tertiary alicyclic amines) is 1. The number of benzene rings is 2. The smallest absolute Gasteiger partial charge is 0.243 e. The van der Waals surface area contributed by atoms with Crippen molar-refractivity contribution in [2.75, 3.05) is 25.5 Å². The van der Waals surface area contributed by atoms with E-state index >= 15 is 0 Å². The summed E-state index contributed by atoms with van der Waals surface area (Å²) in [5.74, 6) is 1.24. The third-order valence-corrected chi connectivity index (χ3v) is 6.09. The summed E-state index contributed by atoms with van der Waals surface area (Å²) in [5.41, 5.74) is 5.14. The van der Waals surface area contributed by atoms with Gasteiger partial charge >= 0.3 is 0 Å². The van der Waals surface area contributed by atoms with Crippen molar-refractivity contribution in [3.8, 4) is 23.1 Å². The van der Waals surface area contributed by atoms with E-state index in [-0.39, 0.29) is 5.91 Å². The van der Waals surface area contributed by atoms with Gasteiger partial charge in [0, 0.05) is 24.3 Å². The Bertz CT molecular complexity index is 976. The number of methoxy groups -OCH3 is 1. The minimum absolute atomic E-state index is 0.0523.